The van der Waals surface area contributed by atoms with Gasteiger partial charge in [0.05, 0.1) is 17.9 Å². The van der Waals surface area contributed by atoms with Gasteiger partial charge in [0.2, 0.25) is 5.91 Å². The Kier molecular flexibility index (Phi) is 3.75. The van der Waals surface area contributed by atoms with Crippen LogP contribution < -0.4 is 0 Å². The number of fused-ring (bicyclic) bond motifs is 1. The third kappa shape index (κ3) is 2.50. The van der Waals surface area contributed by atoms with Gasteiger partial charge >= 0.3 is 5.97 Å². The first-order chi connectivity index (χ1) is 9.06. The monoisotopic (exact) mass is 308 g/mol. The second-order valence-electron chi connectivity index (χ2n) is 6.15. The molecule has 2 aliphatic rings. The highest BCUT2D eigenvalue weighted by molar-refractivity contribution is 7.77. The molecule has 2 heterocycles. The SMILES string of the molecule is CC(C)(CN1CC[C@H]2[C@@H](C1=O)N(S)CC2(F)F)C(=O)O. The summed E-state index contributed by atoms with van der Waals surface area (Å²) >= 11 is 3.97. The van der Waals surface area contributed by atoms with E-state index in [-0.39, 0.29) is 19.5 Å². The van der Waals surface area contributed by atoms with Crippen molar-refractivity contribution in [1.82, 2.24) is 9.21 Å². The Hall–Kier alpha value is -0.890. The summed E-state index contributed by atoms with van der Waals surface area (Å²) in [6.45, 7) is 2.64. The number of carbonyl (C=O) groups is 2. The van der Waals surface area contributed by atoms with Crippen molar-refractivity contribution in [3.8, 4) is 0 Å². The fourth-order valence-electron chi connectivity index (χ4n) is 2.83. The summed E-state index contributed by atoms with van der Waals surface area (Å²) in [5.41, 5.74) is -1.11. The van der Waals surface area contributed by atoms with Gasteiger partial charge in [0, 0.05) is 13.1 Å². The van der Waals surface area contributed by atoms with E-state index < -0.39 is 41.7 Å². The molecule has 0 aliphatic carbocycles. The lowest BCUT2D eigenvalue weighted by atomic mass is 9.86. The van der Waals surface area contributed by atoms with Gasteiger partial charge in [0.25, 0.3) is 5.92 Å². The molecular weight excluding hydrogens is 290 g/mol. The van der Waals surface area contributed by atoms with Crippen molar-refractivity contribution in [3.63, 3.8) is 0 Å². The quantitative estimate of drug-likeness (QED) is 0.767. The number of rotatable bonds is 3. The molecule has 0 spiro atoms. The van der Waals surface area contributed by atoms with Crippen LogP contribution in [0.5, 0.6) is 0 Å². The number of carbonyl (C=O) groups excluding carboxylic acids is 1. The number of hydrogen-bond donors (Lipinski definition) is 2. The number of piperidine rings is 1. The van der Waals surface area contributed by atoms with Crippen molar-refractivity contribution in [2.75, 3.05) is 19.6 Å². The zero-order chi connectivity index (χ0) is 15.3. The summed E-state index contributed by atoms with van der Waals surface area (Å²) in [6, 6.07) is -0.966. The molecule has 2 aliphatic heterocycles. The van der Waals surface area contributed by atoms with E-state index in [0.29, 0.717) is 0 Å². The van der Waals surface area contributed by atoms with Crippen LogP contribution in [0.1, 0.15) is 20.3 Å². The molecule has 1 N–H and O–H groups in total. The number of thiol groups is 1. The van der Waals surface area contributed by atoms with Crippen LogP contribution >= 0.6 is 12.8 Å². The summed E-state index contributed by atoms with van der Waals surface area (Å²) < 4.78 is 28.6. The number of carboxylic acid groups (broad SMARTS) is 1. The van der Waals surface area contributed by atoms with Gasteiger partial charge in [-0.15, -0.1) is 0 Å². The number of amides is 1. The number of hydrogen-bond acceptors (Lipinski definition) is 4. The second-order valence-corrected chi connectivity index (χ2v) is 6.66. The van der Waals surface area contributed by atoms with E-state index in [1.54, 1.807) is 0 Å². The summed E-state index contributed by atoms with van der Waals surface area (Å²) in [6.07, 6.45) is 0.163. The highest BCUT2D eigenvalue weighted by Gasteiger charge is 2.59. The Bertz CT molecular complexity index is 444. The number of likely N-dealkylation sites (tertiary alicyclic amines) is 1. The Morgan fingerprint density at radius 2 is 2.15 bits per heavy atom. The number of aliphatic carboxylic acids is 1. The van der Waals surface area contributed by atoms with Crippen LogP contribution in [-0.2, 0) is 9.59 Å². The first-order valence-corrected chi connectivity index (χ1v) is 6.82. The zero-order valence-corrected chi connectivity index (χ0v) is 12.2. The van der Waals surface area contributed by atoms with Crippen molar-refractivity contribution >= 4 is 24.7 Å². The minimum absolute atomic E-state index is 0.0115. The fraction of sp³-hybridized carbons (Fsp3) is 0.833. The molecule has 2 atom stereocenters. The Morgan fingerprint density at radius 3 is 2.70 bits per heavy atom. The molecule has 0 radical (unpaired) electrons. The second kappa shape index (κ2) is 4.84. The molecule has 114 valence electrons. The van der Waals surface area contributed by atoms with E-state index in [9.17, 15) is 18.4 Å². The molecule has 0 aromatic heterocycles. The Labute approximate surface area is 121 Å². The van der Waals surface area contributed by atoms with Crippen LogP contribution in [0, 0.1) is 11.3 Å². The molecule has 0 aromatic carbocycles. The first-order valence-electron chi connectivity index (χ1n) is 6.42. The minimum atomic E-state index is -2.92. The van der Waals surface area contributed by atoms with Crippen molar-refractivity contribution in [2.24, 2.45) is 11.3 Å². The topological polar surface area (TPSA) is 60.9 Å². The van der Waals surface area contributed by atoms with E-state index >= 15 is 0 Å². The maximum Gasteiger partial charge on any atom is 0.310 e. The molecule has 0 bridgehead atoms. The normalized spacial score (nSPS) is 30.4. The summed E-state index contributed by atoms with van der Waals surface area (Å²) in [4.78, 5) is 24.8. The van der Waals surface area contributed by atoms with Gasteiger partial charge in [0.15, 0.2) is 0 Å². The van der Waals surface area contributed by atoms with Gasteiger partial charge in [-0.25, -0.2) is 13.1 Å². The van der Waals surface area contributed by atoms with Crippen LogP contribution in [0.4, 0.5) is 8.78 Å². The minimum Gasteiger partial charge on any atom is -0.481 e. The predicted octanol–water partition coefficient (Wildman–Crippen LogP) is 1.11. The summed E-state index contributed by atoms with van der Waals surface area (Å²) in [7, 11) is 0. The third-order valence-corrected chi connectivity index (χ3v) is 4.45. The average molecular weight is 308 g/mol. The van der Waals surface area contributed by atoms with Crippen molar-refractivity contribution in [3.05, 3.63) is 0 Å². The highest BCUT2D eigenvalue weighted by Crippen LogP contribution is 2.44. The van der Waals surface area contributed by atoms with Gasteiger partial charge in [-0.3, -0.25) is 9.59 Å². The molecule has 20 heavy (non-hydrogen) atoms. The molecule has 0 unspecified atom stereocenters. The zero-order valence-electron chi connectivity index (χ0n) is 11.3. The van der Waals surface area contributed by atoms with Gasteiger partial charge < -0.3 is 10.0 Å². The standard InChI is InChI=1S/C12H18F2N2O3S/c1-11(2,10(18)19)5-15-4-3-7-8(9(15)17)16(20)6-12(7,13)14/h7-8,20H,3-6H2,1-2H3,(H,18,19)/t7-,8-/m0/s1. The lowest BCUT2D eigenvalue weighted by molar-refractivity contribution is -0.152. The summed E-state index contributed by atoms with van der Waals surface area (Å²) in [5.74, 6) is -5.43. The van der Waals surface area contributed by atoms with Gasteiger partial charge in [-0.2, -0.15) is 0 Å². The fourth-order valence-corrected chi connectivity index (χ4v) is 3.28. The molecule has 2 fully saturated rings. The lowest BCUT2D eigenvalue weighted by Crippen LogP contribution is -2.55. The Balaban J connectivity index is 2.15. The Morgan fingerprint density at radius 1 is 1.55 bits per heavy atom. The van der Waals surface area contributed by atoms with E-state index in [4.69, 9.17) is 5.11 Å². The van der Waals surface area contributed by atoms with Crippen LogP contribution in [0.3, 0.4) is 0 Å². The van der Waals surface area contributed by atoms with E-state index in [2.05, 4.69) is 12.8 Å². The lowest BCUT2D eigenvalue weighted by Gasteiger charge is -2.39. The largest absolute Gasteiger partial charge is 0.481 e. The summed E-state index contributed by atoms with van der Waals surface area (Å²) in [5, 5.41) is 9.10. The third-order valence-electron chi connectivity index (χ3n) is 4.06. The van der Waals surface area contributed by atoms with Crippen LogP contribution in [0.25, 0.3) is 0 Å². The molecule has 5 nitrogen and oxygen atoms in total. The molecule has 0 aromatic rings. The van der Waals surface area contributed by atoms with Gasteiger partial charge in [-0.05, 0) is 20.3 Å². The number of alkyl halides is 2. The predicted molar refractivity (Wildman–Crippen MR) is 70.5 cm³/mol. The molecule has 0 saturated carbocycles. The average Bonchev–Trinajstić information content (AvgIpc) is 2.52. The van der Waals surface area contributed by atoms with Crippen LogP contribution in [-0.4, -0.2) is 57.8 Å². The van der Waals surface area contributed by atoms with E-state index in [1.165, 1.54) is 18.7 Å². The molecule has 1 amide bonds. The number of halogens is 2. The smallest absolute Gasteiger partial charge is 0.310 e. The number of carboxylic acids is 1. The van der Waals surface area contributed by atoms with E-state index in [1.807, 2.05) is 0 Å². The van der Waals surface area contributed by atoms with Gasteiger partial charge in [-0.1, -0.05) is 12.8 Å². The number of nitrogens with zero attached hydrogens (tertiary/aromatic N) is 2. The van der Waals surface area contributed by atoms with Crippen LogP contribution in [0.15, 0.2) is 0 Å². The van der Waals surface area contributed by atoms with E-state index in [0.717, 1.165) is 4.31 Å². The van der Waals surface area contributed by atoms with Crippen molar-refractivity contribution in [1.29, 1.82) is 0 Å². The maximum absolute atomic E-state index is 13.7. The molecular formula is C12H18F2N2O3S. The molecule has 2 saturated heterocycles. The van der Waals surface area contributed by atoms with Crippen molar-refractivity contribution in [2.45, 2.75) is 32.2 Å². The molecule has 8 heteroatoms. The first kappa shape index (κ1) is 15.5. The van der Waals surface area contributed by atoms with Gasteiger partial charge in [0.1, 0.15) is 6.04 Å². The van der Waals surface area contributed by atoms with Crippen molar-refractivity contribution < 1.29 is 23.5 Å². The highest BCUT2D eigenvalue weighted by atomic mass is 32.1. The molecule has 2 rings (SSSR count). The maximum atomic E-state index is 13.7. The van der Waals surface area contributed by atoms with Crippen LogP contribution in [0.2, 0.25) is 0 Å².